The monoisotopic (exact) mass is 382 g/mol. The molecule has 27 heavy (non-hydrogen) atoms. The maximum atomic E-state index is 12.5. The van der Waals surface area contributed by atoms with E-state index >= 15 is 0 Å². The van der Waals surface area contributed by atoms with Gasteiger partial charge in [0.2, 0.25) is 0 Å². The second-order valence-electron chi connectivity index (χ2n) is 6.64. The van der Waals surface area contributed by atoms with E-state index in [1.165, 1.54) is 29.7 Å². The number of amides is 1. The van der Waals surface area contributed by atoms with Gasteiger partial charge in [0, 0.05) is 10.4 Å². The number of aryl methyl sites for hydroxylation is 2. The molecule has 4 rings (SSSR count). The molecular weight excluding hydrogens is 360 g/mol. The van der Waals surface area contributed by atoms with Crippen LogP contribution in [0.25, 0.3) is 11.4 Å². The summed E-state index contributed by atoms with van der Waals surface area (Å²) >= 11 is 1.63. The molecule has 0 atom stereocenters. The Hall–Kier alpha value is -2.67. The van der Waals surface area contributed by atoms with E-state index < -0.39 is 0 Å². The van der Waals surface area contributed by atoms with Crippen molar-refractivity contribution < 1.29 is 9.53 Å². The maximum absolute atomic E-state index is 12.5. The topological polar surface area (TPSA) is 79.9 Å². The second-order valence-corrected chi connectivity index (χ2v) is 7.77. The van der Waals surface area contributed by atoms with Gasteiger partial charge in [-0.25, -0.2) is 4.98 Å². The summed E-state index contributed by atoms with van der Waals surface area (Å²) in [5.74, 6) is 1.98. The van der Waals surface area contributed by atoms with Gasteiger partial charge in [-0.2, -0.15) is 5.10 Å². The smallest absolute Gasteiger partial charge is 0.261 e. The Bertz CT molecular complexity index is 906. The largest absolute Gasteiger partial charge is 0.497 e. The Labute approximate surface area is 162 Å². The van der Waals surface area contributed by atoms with Crippen molar-refractivity contribution in [2.75, 3.05) is 7.11 Å². The number of ether oxygens (including phenoxy) is 1. The van der Waals surface area contributed by atoms with Gasteiger partial charge in [0.05, 0.1) is 18.5 Å². The van der Waals surface area contributed by atoms with Gasteiger partial charge in [0.1, 0.15) is 11.6 Å². The van der Waals surface area contributed by atoms with Crippen LogP contribution >= 0.6 is 11.3 Å². The fourth-order valence-corrected chi connectivity index (χ4v) is 4.44. The number of methoxy groups -OCH3 is 1. The average molecular weight is 382 g/mol. The summed E-state index contributed by atoms with van der Waals surface area (Å²) in [4.78, 5) is 19.1. The van der Waals surface area contributed by atoms with Crippen LogP contribution in [0.2, 0.25) is 0 Å². The third-order valence-electron chi connectivity index (χ3n) is 4.77. The molecular formula is C20H22N4O2S. The molecule has 2 aromatic heterocycles. The van der Waals surface area contributed by atoms with Crippen molar-refractivity contribution in [2.24, 2.45) is 0 Å². The number of hydrogen-bond acceptors (Lipinski definition) is 5. The Morgan fingerprint density at radius 2 is 2.04 bits per heavy atom. The zero-order chi connectivity index (χ0) is 18.6. The first kappa shape index (κ1) is 17.7. The molecule has 1 aliphatic rings. The molecule has 0 radical (unpaired) electrons. The fraction of sp³-hybridized carbons (Fsp3) is 0.350. The van der Waals surface area contributed by atoms with Gasteiger partial charge in [-0.05, 0) is 61.6 Å². The summed E-state index contributed by atoms with van der Waals surface area (Å²) in [6.45, 7) is 0.324. The zero-order valence-corrected chi connectivity index (χ0v) is 16.1. The van der Waals surface area contributed by atoms with E-state index in [4.69, 9.17) is 4.74 Å². The molecule has 7 heteroatoms. The first-order chi connectivity index (χ1) is 13.2. The van der Waals surface area contributed by atoms with Crippen molar-refractivity contribution in [3.8, 4) is 17.1 Å². The number of aromatic amines is 1. The van der Waals surface area contributed by atoms with E-state index in [1.807, 2.05) is 24.3 Å². The number of rotatable bonds is 5. The number of nitrogens with one attached hydrogen (secondary N) is 2. The summed E-state index contributed by atoms with van der Waals surface area (Å²) in [6.07, 6.45) is 5.91. The minimum Gasteiger partial charge on any atom is -0.497 e. The quantitative estimate of drug-likeness (QED) is 0.659. The highest BCUT2D eigenvalue weighted by atomic mass is 32.1. The number of aromatic nitrogens is 3. The highest BCUT2D eigenvalue weighted by molar-refractivity contribution is 7.14. The van der Waals surface area contributed by atoms with E-state index in [-0.39, 0.29) is 5.91 Å². The van der Waals surface area contributed by atoms with Crippen molar-refractivity contribution >= 4 is 17.2 Å². The van der Waals surface area contributed by atoms with Gasteiger partial charge in [-0.3, -0.25) is 9.89 Å². The summed E-state index contributed by atoms with van der Waals surface area (Å²) in [5, 5.41) is 10.1. The Kier molecular flexibility index (Phi) is 5.20. The number of nitrogens with zero attached hydrogens (tertiary/aromatic N) is 2. The van der Waals surface area contributed by atoms with Crippen LogP contribution in [0.15, 0.2) is 30.3 Å². The Morgan fingerprint density at radius 3 is 2.85 bits per heavy atom. The molecule has 0 fully saturated rings. The molecule has 140 valence electrons. The van der Waals surface area contributed by atoms with Gasteiger partial charge in [-0.1, -0.05) is 6.42 Å². The lowest BCUT2D eigenvalue weighted by Gasteiger charge is -2.01. The van der Waals surface area contributed by atoms with Crippen LogP contribution in [0.5, 0.6) is 5.75 Å². The van der Waals surface area contributed by atoms with E-state index in [0.29, 0.717) is 18.2 Å². The minimum atomic E-state index is -0.0459. The molecule has 1 amide bonds. The van der Waals surface area contributed by atoms with Crippen LogP contribution in [-0.2, 0) is 19.4 Å². The summed E-state index contributed by atoms with van der Waals surface area (Å²) in [7, 11) is 1.63. The van der Waals surface area contributed by atoms with Crippen molar-refractivity contribution in [2.45, 2.75) is 38.6 Å². The zero-order valence-electron chi connectivity index (χ0n) is 15.2. The van der Waals surface area contributed by atoms with Crippen molar-refractivity contribution in [3.05, 3.63) is 51.5 Å². The third-order valence-corrected chi connectivity index (χ3v) is 6.00. The van der Waals surface area contributed by atoms with Crippen LogP contribution in [0.3, 0.4) is 0 Å². The average Bonchev–Trinajstić information content (AvgIpc) is 3.28. The lowest BCUT2D eigenvalue weighted by atomic mass is 10.1. The molecule has 1 aromatic carbocycles. The highest BCUT2D eigenvalue weighted by Gasteiger charge is 2.16. The maximum Gasteiger partial charge on any atom is 0.261 e. The van der Waals surface area contributed by atoms with Crippen LogP contribution in [0.4, 0.5) is 0 Å². The van der Waals surface area contributed by atoms with Crippen LogP contribution in [0, 0.1) is 0 Å². The number of thiophene rings is 1. The summed E-state index contributed by atoms with van der Waals surface area (Å²) in [5.41, 5.74) is 2.25. The summed E-state index contributed by atoms with van der Waals surface area (Å²) < 4.78 is 5.16. The number of hydrogen-bond donors (Lipinski definition) is 2. The molecule has 0 aliphatic heterocycles. The second kappa shape index (κ2) is 7.92. The molecule has 2 heterocycles. The molecule has 2 N–H and O–H groups in total. The third kappa shape index (κ3) is 4.03. The molecule has 1 aliphatic carbocycles. The van der Waals surface area contributed by atoms with Crippen LogP contribution in [0.1, 0.15) is 45.2 Å². The van der Waals surface area contributed by atoms with Crippen molar-refractivity contribution in [1.82, 2.24) is 20.5 Å². The molecule has 6 nitrogen and oxygen atoms in total. The lowest BCUT2D eigenvalue weighted by Crippen LogP contribution is -2.22. The normalized spacial score (nSPS) is 13.7. The van der Waals surface area contributed by atoms with Gasteiger partial charge in [-0.15, -0.1) is 11.3 Å². The molecule has 0 bridgehead atoms. The number of H-pyrrole nitrogens is 1. The predicted octanol–water partition coefficient (Wildman–Crippen LogP) is 3.74. The standard InChI is InChI=1S/C20H22N4O2S/c1-26-15-9-7-13(8-10-15)19-22-18(23-24-19)12-21-20(25)17-11-14-5-3-2-4-6-16(14)27-17/h7-11H,2-6,12H2,1H3,(H,21,25)(H,22,23,24). The van der Waals surface area contributed by atoms with Gasteiger partial charge in [0.25, 0.3) is 5.91 Å². The van der Waals surface area contributed by atoms with Crippen LogP contribution < -0.4 is 10.1 Å². The molecule has 3 aromatic rings. The number of fused-ring (bicyclic) bond motifs is 1. The van der Waals surface area contributed by atoms with Crippen LogP contribution in [-0.4, -0.2) is 28.2 Å². The SMILES string of the molecule is COc1ccc(-c2n[nH]c(CNC(=O)c3cc4c(s3)CCCCC4)n2)cc1. The van der Waals surface area contributed by atoms with E-state index in [1.54, 1.807) is 18.4 Å². The van der Waals surface area contributed by atoms with Gasteiger partial charge >= 0.3 is 0 Å². The minimum absolute atomic E-state index is 0.0459. The molecule has 0 spiro atoms. The number of carbonyl (C=O) groups excluding carboxylic acids is 1. The number of benzene rings is 1. The highest BCUT2D eigenvalue weighted by Crippen LogP contribution is 2.29. The van der Waals surface area contributed by atoms with Gasteiger partial charge in [0.15, 0.2) is 5.82 Å². The molecule has 0 saturated carbocycles. The first-order valence-corrected chi connectivity index (χ1v) is 10.00. The number of carbonyl (C=O) groups is 1. The van der Waals surface area contributed by atoms with Crippen molar-refractivity contribution in [1.29, 1.82) is 0 Å². The van der Waals surface area contributed by atoms with E-state index in [0.717, 1.165) is 29.0 Å². The molecule has 0 unspecified atom stereocenters. The summed E-state index contributed by atoms with van der Waals surface area (Å²) in [6, 6.07) is 9.61. The van der Waals surface area contributed by atoms with E-state index in [9.17, 15) is 4.79 Å². The van der Waals surface area contributed by atoms with Gasteiger partial charge < -0.3 is 10.1 Å². The van der Waals surface area contributed by atoms with Crippen molar-refractivity contribution in [3.63, 3.8) is 0 Å². The Morgan fingerprint density at radius 1 is 1.22 bits per heavy atom. The predicted molar refractivity (Wildman–Crippen MR) is 105 cm³/mol. The molecule has 0 saturated heterocycles. The lowest BCUT2D eigenvalue weighted by molar-refractivity contribution is 0.0954. The fourth-order valence-electron chi connectivity index (χ4n) is 3.27. The Balaban J connectivity index is 1.38. The van der Waals surface area contributed by atoms with E-state index in [2.05, 4.69) is 26.6 Å². The first-order valence-electron chi connectivity index (χ1n) is 9.18.